The molecular formula is C15H24Cl2N6O. The van der Waals surface area contributed by atoms with Gasteiger partial charge in [-0.05, 0) is 18.6 Å². The molecule has 0 aromatic carbocycles. The number of carbonyl (C=O) groups excluding carboxylic acids is 1. The van der Waals surface area contributed by atoms with Crippen LogP contribution >= 0.6 is 24.8 Å². The Bertz CT molecular complexity index is 630. The van der Waals surface area contributed by atoms with Gasteiger partial charge in [-0.1, -0.05) is 0 Å². The topological polar surface area (TPSA) is 76.8 Å². The maximum Gasteiger partial charge on any atom is 0.225 e. The second-order valence-electron chi connectivity index (χ2n) is 5.96. The quantitative estimate of drug-likeness (QED) is 0.817. The third-order valence-electron chi connectivity index (χ3n) is 4.11. The van der Waals surface area contributed by atoms with E-state index in [4.69, 9.17) is 0 Å². The highest BCUT2D eigenvalue weighted by molar-refractivity contribution is 5.85. The van der Waals surface area contributed by atoms with Gasteiger partial charge in [0.1, 0.15) is 0 Å². The van der Waals surface area contributed by atoms with Gasteiger partial charge >= 0.3 is 0 Å². The molecule has 1 saturated heterocycles. The molecule has 134 valence electrons. The summed E-state index contributed by atoms with van der Waals surface area (Å²) in [6.45, 7) is 4.20. The van der Waals surface area contributed by atoms with E-state index in [1.165, 1.54) is 0 Å². The van der Waals surface area contributed by atoms with Gasteiger partial charge in [-0.3, -0.25) is 14.2 Å². The van der Waals surface area contributed by atoms with Crippen molar-refractivity contribution < 1.29 is 4.79 Å². The molecule has 2 aromatic rings. The first-order chi connectivity index (χ1) is 10.6. The molecule has 3 atom stereocenters. The van der Waals surface area contributed by atoms with Gasteiger partial charge in [-0.15, -0.1) is 24.8 Å². The number of nitrogens with one attached hydrogen (secondary N) is 2. The van der Waals surface area contributed by atoms with Crippen molar-refractivity contribution in [3.63, 3.8) is 0 Å². The lowest BCUT2D eigenvalue weighted by Crippen LogP contribution is -2.41. The number of nitrogens with zero attached hydrogens (tertiary/aromatic N) is 4. The normalized spacial score (nSPS) is 20.8. The Kier molecular flexibility index (Phi) is 7.72. The largest absolute Gasteiger partial charge is 0.351 e. The van der Waals surface area contributed by atoms with Crippen molar-refractivity contribution in [3.05, 3.63) is 36.4 Å². The molecule has 3 heterocycles. The Morgan fingerprint density at radius 1 is 1.42 bits per heavy atom. The molecule has 1 unspecified atom stereocenters. The summed E-state index contributed by atoms with van der Waals surface area (Å²) in [6, 6.07) is 1.93. The molecule has 0 spiro atoms. The number of halogens is 2. The standard InChI is InChI=1S/C15H22N6O.2ClH/c1-11(9-21-5-3-4-17-21)19-15(22)14-8-16-7-13(14)12-6-18-20(2)10-12;;/h3-6,10-11,13-14,16H,7-9H2,1-2H3,(H,19,22);2*1H/t11?,13-,14+;;/m1../s1. The Morgan fingerprint density at radius 3 is 2.83 bits per heavy atom. The number of carbonyl (C=O) groups is 1. The van der Waals surface area contributed by atoms with Crippen molar-refractivity contribution in [1.82, 2.24) is 30.2 Å². The lowest BCUT2D eigenvalue weighted by atomic mass is 9.90. The summed E-state index contributed by atoms with van der Waals surface area (Å²) in [5.41, 5.74) is 1.12. The molecule has 24 heavy (non-hydrogen) atoms. The molecule has 7 nitrogen and oxygen atoms in total. The Hall–Kier alpha value is -1.57. The zero-order chi connectivity index (χ0) is 15.5. The van der Waals surface area contributed by atoms with Gasteiger partial charge in [-0.2, -0.15) is 10.2 Å². The number of aryl methyl sites for hydroxylation is 1. The van der Waals surface area contributed by atoms with Crippen LogP contribution in [0.1, 0.15) is 18.4 Å². The van der Waals surface area contributed by atoms with Crippen LogP contribution in [0.4, 0.5) is 0 Å². The molecule has 3 rings (SSSR count). The first-order valence-corrected chi connectivity index (χ1v) is 7.60. The summed E-state index contributed by atoms with van der Waals surface area (Å²) in [6.07, 6.45) is 7.49. The van der Waals surface area contributed by atoms with Crippen LogP contribution in [0.15, 0.2) is 30.9 Å². The van der Waals surface area contributed by atoms with Crippen LogP contribution < -0.4 is 10.6 Å². The van der Waals surface area contributed by atoms with Gasteiger partial charge in [0.25, 0.3) is 0 Å². The molecule has 1 aliphatic rings. The Labute approximate surface area is 154 Å². The van der Waals surface area contributed by atoms with Gasteiger partial charge in [0, 0.05) is 50.7 Å². The molecule has 9 heteroatoms. The van der Waals surface area contributed by atoms with Crippen molar-refractivity contribution in [2.24, 2.45) is 13.0 Å². The maximum atomic E-state index is 12.6. The van der Waals surface area contributed by atoms with E-state index in [1.54, 1.807) is 10.9 Å². The Morgan fingerprint density at radius 2 is 2.21 bits per heavy atom. The van der Waals surface area contributed by atoms with E-state index in [0.29, 0.717) is 13.1 Å². The van der Waals surface area contributed by atoms with Crippen LogP contribution in [-0.4, -0.2) is 44.6 Å². The molecule has 2 aromatic heterocycles. The minimum Gasteiger partial charge on any atom is -0.351 e. The molecule has 0 saturated carbocycles. The molecule has 0 radical (unpaired) electrons. The predicted molar refractivity (Wildman–Crippen MR) is 96.6 cm³/mol. The van der Waals surface area contributed by atoms with Crippen LogP contribution in [0.3, 0.4) is 0 Å². The molecule has 1 amide bonds. The fraction of sp³-hybridized carbons (Fsp3) is 0.533. The van der Waals surface area contributed by atoms with Crippen LogP contribution in [0.25, 0.3) is 0 Å². The highest BCUT2D eigenvalue weighted by atomic mass is 35.5. The smallest absolute Gasteiger partial charge is 0.225 e. The monoisotopic (exact) mass is 374 g/mol. The minimum atomic E-state index is -0.0516. The summed E-state index contributed by atoms with van der Waals surface area (Å²) in [7, 11) is 1.90. The van der Waals surface area contributed by atoms with Crippen molar-refractivity contribution in [2.75, 3.05) is 13.1 Å². The van der Waals surface area contributed by atoms with Crippen LogP contribution in [0, 0.1) is 5.92 Å². The molecule has 2 N–H and O–H groups in total. The first kappa shape index (κ1) is 20.5. The van der Waals surface area contributed by atoms with E-state index in [9.17, 15) is 4.79 Å². The first-order valence-electron chi connectivity index (χ1n) is 7.60. The van der Waals surface area contributed by atoms with Crippen molar-refractivity contribution in [2.45, 2.75) is 25.4 Å². The average molecular weight is 375 g/mol. The van der Waals surface area contributed by atoms with Gasteiger partial charge in [0.15, 0.2) is 0 Å². The van der Waals surface area contributed by atoms with Crippen molar-refractivity contribution in [3.8, 4) is 0 Å². The molecule has 0 bridgehead atoms. The van der Waals surface area contributed by atoms with E-state index in [1.807, 2.05) is 43.3 Å². The second kappa shape index (κ2) is 9.05. The number of hydrogen-bond donors (Lipinski definition) is 2. The zero-order valence-electron chi connectivity index (χ0n) is 13.8. The maximum absolute atomic E-state index is 12.6. The number of hydrogen-bond acceptors (Lipinski definition) is 4. The minimum absolute atomic E-state index is 0. The SMILES string of the molecule is CC(Cn1cccn1)NC(=O)[C@H]1CNC[C@@H]1c1cnn(C)c1.Cl.Cl. The summed E-state index contributed by atoms with van der Waals surface area (Å²) in [5.74, 6) is 0.230. The molecule has 1 aliphatic heterocycles. The lowest BCUT2D eigenvalue weighted by molar-refractivity contribution is -0.125. The van der Waals surface area contributed by atoms with E-state index >= 15 is 0 Å². The fourth-order valence-electron chi connectivity index (χ4n) is 3.02. The van der Waals surface area contributed by atoms with Crippen LogP contribution in [0.2, 0.25) is 0 Å². The van der Waals surface area contributed by atoms with Gasteiger partial charge < -0.3 is 10.6 Å². The zero-order valence-corrected chi connectivity index (χ0v) is 15.4. The highest BCUT2D eigenvalue weighted by Crippen LogP contribution is 2.27. The highest BCUT2D eigenvalue weighted by Gasteiger charge is 2.35. The Balaban J connectivity index is 0.00000144. The third-order valence-corrected chi connectivity index (χ3v) is 4.11. The average Bonchev–Trinajstić information content (AvgIpc) is 3.17. The summed E-state index contributed by atoms with van der Waals surface area (Å²) < 4.78 is 3.61. The predicted octanol–water partition coefficient (Wildman–Crippen LogP) is 0.968. The van der Waals surface area contributed by atoms with Crippen LogP contribution in [-0.2, 0) is 18.4 Å². The summed E-state index contributed by atoms with van der Waals surface area (Å²) in [5, 5.41) is 14.8. The number of aromatic nitrogens is 4. The van der Waals surface area contributed by atoms with Crippen molar-refractivity contribution >= 4 is 30.7 Å². The van der Waals surface area contributed by atoms with E-state index in [2.05, 4.69) is 20.8 Å². The summed E-state index contributed by atoms with van der Waals surface area (Å²) in [4.78, 5) is 12.6. The molecule has 1 fully saturated rings. The van der Waals surface area contributed by atoms with Gasteiger partial charge in [0.05, 0.1) is 18.7 Å². The van der Waals surface area contributed by atoms with Gasteiger partial charge in [0.2, 0.25) is 5.91 Å². The fourth-order valence-corrected chi connectivity index (χ4v) is 3.02. The number of rotatable bonds is 5. The van der Waals surface area contributed by atoms with E-state index in [-0.39, 0.29) is 48.6 Å². The van der Waals surface area contributed by atoms with Crippen molar-refractivity contribution in [1.29, 1.82) is 0 Å². The lowest BCUT2D eigenvalue weighted by Gasteiger charge is -2.20. The molecule has 0 aliphatic carbocycles. The third kappa shape index (κ3) is 4.72. The van der Waals surface area contributed by atoms with E-state index in [0.717, 1.165) is 12.1 Å². The van der Waals surface area contributed by atoms with E-state index < -0.39 is 0 Å². The molecular weight excluding hydrogens is 351 g/mol. The summed E-state index contributed by atoms with van der Waals surface area (Å²) >= 11 is 0. The second-order valence-corrected chi connectivity index (χ2v) is 5.96. The van der Waals surface area contributed by atoms with Crippen LogP contribution in [0.5, 0.6) is 0 Å². The van der Waals surface area contributed by atoms with Gasteiger partial charge in [-0.25, -0.2) is 0 Å². The number of amides is 1.